The number of nitrogen functional groups attached to an aromatic ring is 1. The lowest BCUT2D eigenvalue weighted by molar-refractivity contribution is -0.134. The van der Waals surface area contributed by atoms with Crippen LogP contribution in [0.1, 0.15) is 23.6 Å². The van der Waals surface area contributed by atoms with Crippen molar-refractivity contribution in [3.8, 4) is 17.2 Å². The van der Waals surface area contributed by atoms with E-state index < -0.39 is 5.97 Å². The summed E-state index contributed by atoms with van der Waals surface area (Å²) < 4.78 is 0. The summed E-state index contributed by atoms with van der Waals surface area (Å²) in [6, 6.07) is 16.2. The number of hydrogen-bond donors (Lipinski definition) is 3. The summed E-state index contributed by atoms with van der Waals surface area (Å²) in [5.41, 5.74) is 12.0. The van der Waals surface area contributed by atoms with Crippen molar-refractivity contribution in [2.45, 2.75) is 19.9 Å². The van der Waals surface area contributed by atoms with E-state index in [-0.39, 0.29) is 5.95 Å². The second-order valence-corrected chi connectivity index (χ2v) is 6.54. The van der Waals surface area contributed by atoms with Gasteiger partial charge in [0.25, 0.3) is 5.97 Å². The van der Waals surface area contributed by atoms with Gasteiger partial charge in [-0.05, 0) is 40.5 Å². The molecule has 8 heteroatoms. The average Bonchev–Trinajstić information content (AvgIpc) is 3.16. The van der Waals surface area contributed by atoms with Gasteiger partial charge in [-0.1, -0.05) is 24.3 Å². The molecule has 4 rings (SSSR count). The van der Waals surface area contributed by atoms with Crippen molar-refractivity contribution >= 4 is 29.6 Å². The minimum Gasteiger partial charge on any atom is -0.481 e. The van der Waals surface area contributed by atoms with E-state index in [0.717, 1.165) is 34.9 Å². The standard InChI is InChI=1S/C20H16N6.C2H4O2/c21-6-4-13-2-1-3-14(8-13)17-10-16(9-15-11-23-12-18(15)17)25-19-5-7-24-20(22)26-19;1-2(3)4/h1-3,5,7-11H,4,12H2,(H3,22,24,25,26);1H3,(H,3,4). The number of aliphatic carboxylic acids is 1. The zero-order valence-corrected chi connectivity index (χ0v) is 16.3. The van der Waals surface area contributed by atoms with Gasteiger partial charge in [0, 0.05) is 30.6 Å². The molecule has 0 bridgehead atoms. The van der Waals surface area contributed by atoms with E-state index in [9.17, 15) is 0 Å². The van der Waals surface area contributed by atoms with Gasteiger partial charge in [0.1, 0.15) is 5.82 Å². The van der Waals surface area contributed by atoms with Crippen molar-refractivity contribution in [3.05, 3.63) is 65.4 Å². The number of carboxylic acid groups (broad SMARTS) is 1. The van der Waals surface area contributed by atoms with Crippen LogP contribution < -0.4 is 11.1 Å². The molecule has 0 unspecified atom stereocenters. The Kier molecular flexibility index (Phi) is 6.35. The Labute approximate surface area is 173 Å². The molecule has 1 aliphatic rings. The van der Waals surface area contributed by atoms with Crippen LogP contribution in [-0.4, -0.2) is 27.3 Å². The van der Waals surface area contributed by atoms with Crippen molar-refractivity contribution in [1.82, 2.24) is 9.97 Å². The fraction of sp³-hybridized carbons (Fsp3) is 0.136. The molecule has 30 heavy (non-hydrogen) atoms. The van der Waals surface area contributed by atoms with Gasteiger partial charge in [0.2, 0.25) is 5.95 Å². The van der Waals surface area contributed by atoms with Gasteiger partial charge < -0.3 is 16.2 Å². The Morgan fingerprint density at radius 1 is 1.30 bits per heavy atom. The topological polar surface area (TPSA) is 137 Å². The maximum Gasteiger partial charge on any atom is 0.300 e. The predicted molar refractivity (Wildman–Crippen MR) is 116 cm³/mol. The lowest BCUT2D eigenvalue weighted by Crippen LogP contribution is -2.00. The first-order valence-electron chi connectivity index (χ1n) is 9.14. The Hall–Kier alpha value is -4.25. The van der Waals surface area contributed by atoms with Crippen LogP contribution in [0.3, 0.4) is 0 Å². The van der Waals surface area contributed by atoms with Gasteiger partial charge in [0.05, 0.1) is 19.0 Å². The number of benzene rings is 2. The van der Waals surface area contributed by atoms with Crippen molar-refractivity contribution in [2.75, 3.05) is 11.1 Å². The third kappa shape index (κ3) is 5.17. The molecule has 0 spiro atoms. The molecule has 8 nitrogen and oxygen atoms in total. The lowest BCUT2D eigenvalue weighted by atomic mass is 9.94. The summed E-state index contributed by atoms with van der Waals surface area (Å²) in [4.78, 5) is 21.5. The second kappa shape index (κ2) is 9.30. The number of fused-ring (bicyclic) bond motifs is 1. The molecule has 0 aliphatic carbocycles. The Balaban J connectivity index is 0.000000589. The van der Waals surface area contributed by atoms with Crippen LogP contribution in [0.15, 0.2) is 53.7 Å². The summed E-state index contributed by atoms with van der Waals surface area (Å²) in [6.45, 7) is 1.74. The number of anilines is 3. The summed E-state index contributed by atoms with van der Waals surface area (Å²) in [5, 5.41) is 19.7. The lowest BCUT2D eigenvalue weighted by Gasteiger charge is -2.13. The van der Waals surface area contributed by atoms with E-state index in [0.29, 0.717) is 18.8 Å². The molecule has 0 radical (unpaired) electrons. The quantitative estimate of drug-likeness (QED) is 0.609. The number of nitrogens with zero attached hydrogens (tertiary/aromatic N) is 4. The number of nitrogens with one attached hydrogen (secondary N) is 1. The maximum atomic E-state index is 9.00. The number of nitriles is 1. The largest absolute Gasteiger partial charge is 0.481 e. The van der Waals surface area contributed by atoms with Crippen LogP contribution in [-0.2, 0) is 17.8 Å². The fourth-order valence-corrected chi connectivity index (χ4v) is 3.08. The minimum atomic E-state index is -0.833. The van der Waals surface area contributed by atoms with Crippen molar-refractivity contribution < 1.29 is 9.90 Å². The zero-order valence-electron chi connectivity index (χ0n) is 16.3. The van der Waals surface area contributed by atoms with E-state index in [4.69, 9.17) is 20.9 Å². The second-order valence-electron chi connectivity index (χ2n) is 6.54. The molecule has 150 valence electrons. The van der Waals surface area contributed by atoms with Gasteiger partial charge in [-0.2, -0.15) is 10.2 Å². The van der Waals surface area contributed by atoms with Gasteiger partial charge >= 0.3 is 0 Å². The normalized spacial score (nSPS) is 11.1. The fourth-order valence-electron chi connectivity index (χ4n) is 3.08. The van der Waals surface area contributed by atoms with Gasteiger partial charge in [-0.25, -0.2) is 4.98 Å². The highest BCUT2D eigenvalue weighted by atomic mass is 16.4. The number of rotatable bonds is 4. The Morgan fingerprint density at radius 3 is 2.83 bits per heavy atom. The van der Waals surface area contributed by atoms with Crippen LogP contribution >= 0.6 is 0 Å². The van der Waals surface area contributed by atoms with E-state index in [1.165, 1.54) is 5.56 Å². The summed E-state index contributed by atoms with van der Waals surface area (Å²) in [6.07, 6.45) is 3.90. The highest BCUT2D eigenvalue weighted by Gasteiger charge is 2.15. The maximum absolute atomic E-state index is 9.00. The molecule has 1 aromatic heterocycles. The smallest absolute Gasteiger partial charge is 0.300 e. The number of hydrogen-bond acceptors (Lipinski definition) is 7. The monoisotopic (exact) mass is 400 g/mol. The van der Waals surface area contributed by atoms with Gasteiger partial charge in [0.15, 0.2) is 0 Å². The van der Waals surface area contributed by atoms with Crippen molar-refractivity contribution in [2.24, 2.45) is 4.99 Å². The van der Waals surface area contributed by atoms with Crippen LogP contribution in [0.4, 0.5) is 17.5 Å². The molecule has 3 aromatic rings. The van der Waals surface area contributed by atoms with Gasteiger partial charge in [-0.3, -0.25) is 9.79 Å². The van der Waals surface area contributed by atoms with E-state index in [1.807, 2.05) is 24.4 Å². The van der Waals surface area contributed by atoms with Crippen LogP contribution in [0, 0.1) is 11.3 Å². The highest BCUT2D eigenvalue weighted by Crippen LogP contribution is 2.33. The molecule has 2 heterocycles. The van der Waals surface area contributed by atoms with E-state index in [2.05, 4.69) is 44.5 Å². The van der Waals surface area contributed by atoms with E-state index >= 15 is 0 Å². The van der Waals surface area contributed by atoms with E-state index in [1.54, 1.807) is 12.3 Å². The van der Waals surface area contributed by atoms with Crippen LogP contribution in [0.5, 0.6) is 0 Å². The third-order valence-electron chi connectivity index (χ3n) is 4.23. The number of carboxylic acids is 1. The summed E-state index contributed by atoms with van der Waals surface area (Å²) in [5.74, 6) is 0.0266. The summed E-state index contributed by atoms with van der Waals surface area (Å²) >= 11 is 0. The third-order valence-corrected chi connectivity index (χ3v) is 4.23. The molecule has 0 saturated heterocycles. The molecular formula is C22H20N6O2. The molecule has 0 atom stereocenters. The number of nitrogens with two attached hydrogens (primary N) is 1. The molecular weight excluding hydrogens is 380 g/mol. The minimum absolute atomic E-state index is 0.224. The SMILES string of the molecule is CC(=O)O.N#CCc1cccc(-c2cc(Nc3ccnc(N)n3)cc3c2CN=C3)c1. The summed E-state index contributed by atoms with van der Waals surface area (Å²) in [7, 11) is 0. The predicted octanol–water partition coefficient (Wildman–Crippen LogP) is 3.56. The van der Waals surface area contributed by atoms with Crippen LogP contribution in [0.2, 0.25) is 0 Å². The molecule has 1 aliphatic heterocycles. The van der Waals surface area contributed by atoms with Crippen LogP contribution in [0.25, 0.3) is 11.1 Å². The molecule has 2 aromatic carbocycles. The van der Waals surface area contributed by atoms with Crippen molar-refractivity contribution in [1.29, 1.82) is 5.26 Å². The molecule has 0 saturated carbocycles. The highest BCUT2D eigenvalue weighted by molar-refractivity contribution is 5.91. The Bertz CT molecular complexity index is 1150. The Morgan fingerprint density at radius 2 is 2.10 bits per heavy atom. The van der Waals surface area contributed by atoms with Gasteiger partial charge in [-0.15, -0.1) is 0 Å². The zero-order chi connectivity index (χ0) is 21.5. The molecule has 0 fully saturated rings. The van der Waals surface area contributed by atoms with Crippen molar-refractivity contribution in [3.63, 3.8) is 0 Å². The molecule has 0 amide bonds. The number of aromatic nitrogens is 2. The number of aliphatic imine (C=N–C) groups is 1. The first-order chi connectivity index (χ1) is 14.5. The first kappa shape index (κ1) is 20.5. The number of carbonyl (C=O) groups is 1. The average molecular weight is 400 g/mol. The first-order valence-corrected chi connectivity index (χ1v) is 9.14. The molecule has 4 N–H and O–H groups in total.